The predicted molar refractivity (Wildman–Crippen MR) is 72.7 cm³/mol. The van der Waals surface area contributed by atoms with Crippen LogP contribution in [0.2, 0.25) is 0 Å². The van der Waals surface area contributed by atoms with Crippen LogP contribution in [0.5, 0.6) is 0 Å². The Kier molecular flexibility index (Phi) is 5.82. The highest BCUT2D eigenvalue weighted by Gasteiger charge is 2.26. The van der Waals surface area contributed by atoms with Crippen LogP contribution in [0.25, 0.3) is 0 Å². The fourth-order valence-electron chi connectivity index (χ4n) is 2.14. The SMILES string of the molecule is CCCc1ccc(C(NC)C(NC)C(=O)O)cc1. The molecule has 2 unspecified atom stereocenters. The Hall–Kier alpha value is -1.39. The minimum atomic E-state index is -0.852. The van der Waals surface area contributed by atoms with E-state index in [1.54, 1.807) is 14.1 Å². The molecule has 0 spiro atoms. The predicted octanol–water partition coefficient (Wildman–Crippen LogP) is 1.57. The monoisotopic (exact) mass is 250 g/mol. The summed E-state index contributed by atoms with van der Waals surface area (Å²) in [6.45, 7) is 2.14. The number of likely N-dealkylation sites (N-methyl/N-ethyl adjacent to an activating group) is 2. The lowest BCUT2D eigenvalue weighted by molar-refractivity contribution is -0.140. The molecular formula is C14H22N2O2. The minimum absolute atomic E-state index is 0.233. The molecule has 4 heteroatoms. The van der Waals surface area contributed by atoms with Gasteiger partial charge in [-0.3, -0.25) is 4.79 Å². The smallest absolute Gasteiger partial charge is 0.322 e. The van der Waals surface area contributed by atoms with Crippen molar-refractivity contribution in [2.24, 2.45) is 0 Å². The average molecular weight is 250 g/mol. The Bertz CT molecular complexity index is 376. The first-order valence-corrected chi connectivity index (χ1v) is 6.30. The van der Waals surface area contributed by atoms with Crippen molar-refractivity contribution < 1.29 is 9.90 Å². The molecule has 0 heterocycles. The van der Waals surface area contributed by atoms with E-state index in [-0.39, 0.29) is 6.04 Å². The molecule has 0 bridgehead atoms. The van der Waals surface area contributed by atoms with Crippen LogP contribution in [0.1, 0.15) is 30.5 Å². The van der Waals surface area contributed by atoms with E-state index in [4.69, 9.17) is 0 Å². The Morgan fingerprint density at radius 1 is 1.22 bits per heavy atom. The van der Waals surface area contributed by atoms with Gasteiger partial charge in [0.15, 0.2) is 0 Å². The molecule has 0 amide bonds. The van der Waals surface area contributed by atoms with Crippen molar-refractivity contribution in [3.63, 3.8) is 0 Å². The van der Waals surface area contributed by atoms with Crippen molar-refractivity contribution >= 4 is 5.97 Å². The second kappa shape index (κ2) is 7.13. The number of aliphatic carboxylic acids is 1. The van der Waals surface area contributed by atoms with Crippen molar-refractivity contribution in [2.45, 2.75) is 31.8 Å². The van der Waals surface area contributed by atoms with Gasteiger partial charge in [-0.25, -0.2) is 0 Å². The van der Waals surface area contributed by atoms with Crippen LogP contribution in [-0.4, -0.2) is 31.2 Å². The molecule has 0 radical (unpaired) electrons. The lowest BCUT2D eigenvalue weighted by Gasteiger charge is -2.23. The van der Waals surface area contributed by atoms with Crippen molar-refractivity contribution in [1.29, 1.82) is 0 Å². The number of hydrogen-bond donors (Lipinski definition) is 3. The average Bonchev–Trinajstić information content (AvgIpc) is 2.37. The standard InChI is InChI=1S/C14H22N2O2/c1-4-5-10-6-8-11(9-7-10)12(15-2)13(16-3)14(17)18/h6-9,12-13,15-16H,4-5H2,1-3H3,(H,17,18). The summed E-state index contributed by atoms with van der Waals surface area (Å²) in [6, 6.07) is 7.27. The lowest BCUT2D eigenvalue weighted by Crippen LogP contribution is -2.44. The summed E-state index contributed by atoms with van der Waals surface area (Å²) in [7, 11) is 3.44. The first kappa shape index (κ1) is 14.7. The first-order valence-electron chi connectivity index (χ1n) is 6.30. The van der Waals surface area contributed by atoms with Crippen LogP contribution < -0.4 is 10.6 Å². The van der Waals surface area contributed by atoms with E-state index in [1.807, 2.05) is 12.1 Å². The van der Waals surface area contributed by atoms with Gasteiger partial charge in [-0.2, -0.15) is 0 Å². The van der Waals surface area contributed by atoms with Crippen LogP contribution >= 0.6 is 0 Å². The van der Waals surface area contributed by atoms with E-state index in [2.05, 4.69) is 29.7 Å². The van der Waals surface area contributed by atoms with Crippen molar-refractivity contribution in [3.8, 4) is 0 Å². The topological polar surface area (TPSA) is 61.4 Å². The molecule has 1 rings (SSSR count). The van der Waals surface area contributed by atoms with Gasteiger partial charge in [0.05, 0.1) is 6.04 Å². The number of nitrogens with one attached hydrogen (secondary N) is 2. The number of rotatable bonds is 7. The maximum atomic E-state index is 11.2. The largest absolute Gasteiger partial charge is 0.480 e. The summed E-state index contributed by atoms with van der Waals surface area (Å²) in [6.07, 6.45) is 2.17. The lowest BCUT2D eigenvalue weighted by atomic mass is 9.97. The molecule has 4 nitrogen and oxygen atoms in total. The van der Waals surface area contributed by atoms with Crippen LogP contribution in [0.3, 0.4) is 0 Å². The molecule has 0 saturated carbocycles. The van der Waals surface area contributed by atoms with Gasteiger partial charge in [0, 0.05) is 0 Å². The number of aryl methyl sites for hydroxylation is 1. The van der Waals surface area contributed by atoms with Crippen LogP contribution in [0.15, 0.2) is 24.3 Å². The number of benzene rings is 1. The minimum Gasteiger partial charge on any atom is -0.480 e. The fourth-order valence-corrected chi connectivity index (χ4v) is 2.14. The van der Waals surface area contributed by atoms with Crippen LogP contribution in [0, 0.1) is 0 Å². The summed E-state index contributed by atoms with van der Waals surface area (Å²) in [4.78, 5) is 11.2. The molecule has 0 fully saturated rings. The molecule has 100 valence electrons. The quantitative estimate of drug-likeness (QED) is 0.687. The van der Waals surface area contributed by atoms with E-state index in [0.717, 1.165) is 18.4 Å². The molecule has 1 aromatic rings. The van der Waals surface area contributed by atoms with E-state index in [0.29, 0.717) is 0 Å². The molecule has 0 aliphatic rings. The summed E-state index contributed by atoms with van der Waals surface area (Å²) in [5.74, 6) is -0.852. The molecule has 0 aliphatic carbocycles. The first-order chi connectivity index (χ1) is 8.63. The highest BCUT2D eigenvalue weighted by atomic mass is 16.4. The highest BCUT2D eigenvalue weighted by molar-refractivity contribution is 5.74. The van der Waals surface area contributed by atoms with E-state index < -0.39 is 12.0 Å². The Labute approximate surface area is 108 Å². The van der Waals surface area contributed by atoms with Gasteiger partial charge < -0.3 is 15.7 Å². The fraction of sp³-hybridized carbons (Fsp3) is 0.500. The molecule has 0 aromatic heterocycles. The summed E-state index contributed by atoms with van der Waals surface area (Å²) >= 11 is 0. The molecular weight excluding hydrogens is 228 g/mol. The van der Waals surface area contributed by atoms with Crippen molar-refractivity contribution in [1.82, 2.24) is 10.6 Å². The second-order valence-electron chi connectivity index (χ2n) is 4.36. The molecule has 3 N–H and O–H groups in total. The highest BCUT2D eigenvalue weighted by Crippen LogP contribution is 2.18. The van der Waals surface area contributed by atoms with E-state index >= 15 is 0 Å². The Balaban J connectivity index is 2.90. The number of carbonyl (C=O) groups is 1. The Morgan fingerprint density at radius 2 is 1.83 bits per heavy atom. The molecule has 18 heavy (non-hydrogen) atoms. The molecule has 0 aliphatic heterocycles. The van der Waals surface area contributed by atoms with E-state index in [9.17, 15) is 9.90 Å². The van der Waals surface area contributed by atoms with Gasteiger partial charge >= 0.3 is 5.97 Å². The number of hydrogen-bond acceptors (Lipinski definition) is 3. The van der Waals surface area contributed by atoms with Gasteiger partial charge in [0.25, 0.3) is 0 Å². The summed E-state index contributed by atoms with van der Waals surface area (Å²) in [5.41, 5.74) is 2.27. The maximum absolute atomic E-state index is 11.2. The number of carboxylic acid groups (broad SMARTS) is 1. The molecule has 2 atom stereocenters. The van der Waals surface area contributed by atoms with Gasteiger partial charge in [0.2, 0.25) is 0 Å². The Morgan fingerprint density at radius 3 is 2.22 bits per heavy atom. The zero-order valence-corrected chi connectivity index (χ0v) is 11.2. The van der Waals surface area contributed by atoms with Crippen molar-refractivity contribution in [2.75, 3.05) is 14.1 Å². The van der Waals surface area contributed by atoms with Gasteiger partial charge in [-0.1, -0.05) is 37.6 Å². The zero-order chi connectivity index (χ0) is 13.5. The third kappa shape index (κ3) is 3.55. The normalized spacial score (nSPS) is 14.2. The van der Waals surface area contributed by atoms with E-state index in [1.165, 1.54) is 5.56 Å². The van der Waals surface area contributed by atoms with Gasteiger partial charge in [0.1, 0.15) is 6.04 Å². The third-order valence-electron chi connectivity index (χ3n) is 3.10. The summed E-state index contributed by atoms with van der Waals surface area (Å²) < 4.78 is 0. The maximum Gasteiger partial charge on any atom is 0.322 e. The van der Waals surface area contributed by atoms with Gasteiger partial charge in [-0.15, -0.1) is 0 Å². The van der Waals surface area contributed by atoms with Crippen LogP contribution in [-0.2, 0) is 11.2 Å². The zero-order valence-electron chi connectivity index (χ0n) is 11.2. The van der Waals surface area contributed by atoms with Gasteiger partial charge in [-0.05, 0) is 31.6 Å². The van der Waals surface area contributed by atoms with Crippen LogP contribution in [0.4, 0.5) is 0 Å². The third-order valence-corrected chi connectivity index (χ3v) is 3.10. The molecule has 0 saturated heterocycles. The molecule has 1 aromatic carbocycles. The van der Waals surface area contributed by atoms with Crippen molar-refractivity contribution in [3.05, 3.63) is 35.4 Å². The number of carboxylic acids is 1. The summed E-state index contributed by atoms with van der Waals surface area (Å²) in [5, 5.41) is 15.1. The second-order valence-corrected chi connectivity index (χ2v) is 4.36.